The number of esters is 1. The molecule has 0 aliphatic carbocycles. The summed E-state index contributed by atoms with van der Waals surface area (Å²) < 4.78 is 5.08. The van der Waals surface area contributed by atoms with Gasteiger partial charge in [-0.1, -0.05) is 24.3 Å². The van der Waals surface area contributed by atoms with Crippen LogP contribution in [0.25, 0.3) is 10.8 Å². The number of hydrogen-bond donors (Lipinski definition) is 1. The summed E-state index contributed by atoms with van der Waals surface area (Å²) in [5.74, 6) is -1.27. The summed E-state index contributed by atoms with van der Waals surface area (Å²) in [7, 11) is 0. The van der Waals surface area contributed by atoms with Crippen LogP contribution in [0, 0.1) is 0 Å². The van der Waals surface area contributed by atoms with E-state index in [9.17, 15) is 19.5 Å². The first-order valence-corrected chi connectivity index (χ1v) is 8.38. The quantitative estimate of drug-likeness (QED) is 0.840. The van der Waals surface area contributed by atoms with E-state index < -0.39 is 12.6 Å². The highest BCUT2D eigenvalue weighted by molar-refractivity contribution is 5.99. The van der Waals surface area contributed by atoms with Crippen LogP contribution in [-0.2, 0) is 14.3 Å². The molecule has 0 saturated carbocycles. The summed E-state index contributed by atoms with van der Waals surface area (Å²) in [6, 6.07) is 10.4. The lowest BCUT2D eigenvalue weighted by molar-refractivity contribution is -0.140. The number of phenols is 1. The number of carbonyl (C=O) groups is 3. The molecule has 2 aromatic rings. The number of rotatable bonds is 3. The summed E-state index contributed by atoms with van der Waals surface area (Å²) in [6.07, 6.45) is 0. The van der Waals surface area contributed by atoms with Crippen LogP contribution >= 0.6 is 0 Å². The van der Waals surface area contributed by atoms with Gasteiger partial charge in [0.25, 0.3) is 5.91 Å². The Bertz CT molecular complexity index is 856. The number of amides is 2. The van der Waals surface area contributed by atoms with Gasteiger partial charge in [-0.05, 0) is 22.9 Å². The van der Waals surface area contributed by atoms with Crippen molar-refractivity contribution in [2.24, 2.45) is 0 Å². The second kappa shape index (κ2) is 7.43. The summed E-state index contributed by atoms with van der Waals surface area (Å²) in [6.45, 7) is 2.87. The minimum absolute atomic E-state index is 0.0182. The zero-order valence-corrected chi connectivity index (χ0v) is 14.5. The first-order chi connectivity index (χ1) is 12.5. The maximum atomic E-state index is 12.2. The first-order valence-electron chi connectivity index (χ1n) is 8.38. The Morgan fingerprint density at radius 2 is 1.58 bits per heavy atom. The topological polar surface area (TPSA) is 87.2 Å². The Morgan fingerprint density at radius 3 is 2.19 bits per heavy atom. The fraction of sp³-hybridized carbons (Fsp3) is 0.316. The number of phenolic OH excluding ortho intramolecular Hbond substituents is 1. The minimum Gasteiger partial charge on any atom is -0.507 e. The van der Waals surface area contributed by atoms with Crippen LogP contribution in [-0.4, -0.2) is 65.5 Å². The van der Waals surface area contributed by atoms with Gasteiger partial charge in [-0.25, -0.2) is 4.79 Å². The third-order valence-electron chi connectivity index (χ3n) is 4.49. The van der Waals surface area contributed by atoms with Crippen molar-refractivity contribution in [2.45, 2.75) is 6.92 Å². The molecule has 0 atom stereocenters. The third-order valence-corrected chi connectivity index (χ3v) is 4.49. The van der Waals surface area contributed by atoms with E-state index in [1.54, 1.807) is 15.9 Å². The van der Waals surface area contributed by atoms with Gasteiger partial charge in [0.15, 0.2) is 6.61 Å². The number of carbonyl (C=O) groups excluding carboxylic acids is 3. The average molecular weight is 356 g/mol. The number of piperazine rings is 1. The van der Waals surface area contributed by atoms with Crippen molar-refractivity contribution in [3.63, 3.8) is 0 Å². The van der Waals surface area contributed by atoms with Crippen molar-refractivity contribution in [3.05, 3.63) is 42.0 Å². The van der Waals surface area contributed by atoms with Gasteiger partial charge in [0.1, 0.15) is 11.3 Å². The molecule has 0 bridgehead atoms. The lowest BCUT2D eigenvalue weighted by atomic mass is 10.1. The van der Waals surface area contributed by atoms with Crippen LogP contribution < -0.4 is 0 Å². The molecule has 1 fully saturated rings. The molecule has 1 aliphatic heterocycles. The van der Waals surface area contributed by atoms with Gasteiger partial charge in [0.05, 0.1) is 0 Å². The molecule has 7 nitrogen and oxygen atoms in total. The molecule has 2 aromatic carbocycles. The van der Waals surface area contributed by atoms with Crippen LogP contribution in [0.5, 0.6) is 5.75 Å². The zero-order valence-electron chi connectivity index (χ0n) is 14.5. The molecule has 1 saturated heterocycles. The summed E-state index contributed by atoms with van der Waals surface area (Å²) in [5, 5.41) is 11.6. The molecule has 3 rings (SSSR count). The van der Waals surface area contributed by atoms with Crippen LogP contribution in [0.15, 0.2) is 36.4 Å². The van der Waals surface area contributed by atoms with E-state index >= 15 is 0 Å². The monoisotopic (exact) mass is 356 g/mol. The lowest BCUT2D eigenvalue weighted by Gasteiger charge is -2.34. The highest BCUT2D eigenvalue weighted by Crippen LogP contribution is 2.25. The fourth-order valence-corrected chi connectivity index (χ4v) is 2.96. The summed E-state index contributed by atoms with van der Waals surface area (Å²) >= 11 is 0. The highest BCUT2D eigenvalue weighted by atomic mass is 16.5. The van der Waals surface area contributed by atoms with E-state index in [0.29, 0.717) is 26.2 Å². The van der Waals surface area contributed by atoms with Crippen molar-refractivity contribution in [1.29, 1.82) is 0 Å². The molecule has 2 amide bonds. The average Bonchev–Trinajstić information content (AvgIpc) is 2.65. The highest BCUT2D eigenvalue weighted by Gasteiger charge is 2.23. The maximum absolute atomic E-state index is 12.2. The SMILES string of the molecule is CC(=O)N1CCN(C(=O)COC(=O)c2cc3ccccc3cc2O)CC1. The van der Waals surface area contributed by atoms with Gasteiger partial charge in [0, 0.05) is 33.1 Å². The molecule has 0 spiro atoms. The maximum Gasteiger partial charge on any atom is 0.342 e. The van der Waals surface area contributed by atoms with E-state index in [0.717, 1.165) is 10.8 Å². The van der Waals surface area contributed by atoms with Crippen molar-refractivity contribution >= 4 is 28.6 Å². The van der Waals surface area contributed by atoms with E-state index in [2.05, 4.69) is 0 Å². The smallest absolute Gasteiger partial charge is 0.342 e. The van der Waals surface area contributed by atoms with E-state index in [1.807, 2.05) is 24.3 Å². The molecule has 26 heavy (non-hydrogen) atoms. The van der Waals surface area contributed by atoms with Gasteiger partial charge >= 0.3 is 5.97 Å². The number of ether oxygens (including phenoxy) is 1. The first kappa shape index (κ1) is 17.7. The normalized spacial score (nSPS) is 14.3. The summed E-state index contributed by atoms with van der Waals surface area (Å²) in [4.78, 5) is 39.0. The van der Waals surface area contributed by atoms with Crippen molar-refractivity contribution in [3.8, 4) is 5.75 Å². The van der Waals surface area contributed by atoms with E-state index in [4.69, 9.17) is 4.74 Å². The molecular weight excluding hydrogens is 336 g/mol. The predicted octanol–water partition coefficient (Wildman–Crippen LogP) is 1.39. The second-order valence-corrected chi connectivity index (χ2v) is 6.18. The Balaban J connectivity index is 1.60. The largest absolute Gasteiger partial charge is 0.507 e. The Morgan fingerprint density at radius 1 is 1.00 bits per heavy atom. The molecule has 0 unspecified atom stereocenters. The molecule has 1 aliphatic rings. The number of fused-ring (bicyclic) bond motifs is 1. The second-order valence-electron chi connectivity index (χ2n) is 6.18. The molecule has 136 valence electrons. The molecule has 7 heteroatoms. The van der Waals surface area contributed by atoms with Gasteiger partial charge in [0.2, 0.25) is 5.91 Å². The Hall–Kier alpha value is -3.09. The molecule has 1 heterocycles. The van der Waals surface area contributed by atoms with Gasteiger partial charge in [-0.2, -0.15) is 0 Å². The predicted molar refractivity (Wildman–Crippen MR) is 94.7 cm³/mol. The van der Waals surface area contributed by atoms with Gasteiger partial charge in [-0.15, -0.1) is 0 Å². The number of hydrogen-bond acceptors (Lipinski definition) is 5. The fourth-order valence-electron chi connectivity index (χ4n) is 2.96. The van der Waals surface area contributed by atoms with Crippen molar-refractivity contribution < 1.29 is 24.2 Å². The van der Waals surface area contributed by atoms with Crippen LogP contribution in [0.4, 0.5) is 0 Å². The zero-order chi connectivity index (χ0) is 18.7. The van der Waals surface area contributed by atoms with Crippen molar-refractivity contribution in [2.75, 3.05) is 32.8 Å². The number of nitrogens with zero attached hydrogens (tertiary/aromatic N) is 2. The van der Waals surface area contributed by atoms with Gasteiger partial charge in [-0.3, -0.25) is 9.59 Å². The third kappa shape index (κ3) is 3.77. The lowest BCUT2D eigenvalue weighted by Crippen LogP contribution is -2.51. The summed E-state index contributed by atoms with van der Waals surface area (Å²) in [5.41, 5.74) is 0.0258. The van der Waals surface area contributed by atoms with Crippen LogP contribution in [0.2, 0.25) is 0 Å². The standard InChI is InChI=1S/C19H20N2O5/c1-13(22)20-6-8-21(9-7-20)18(24)12-26-19(25)16-10-14-4-2-3-5-15(14)11-17(16)23/h2-5,10-11,23H,6-9,12H2,1H3. The van der Waals surface area contributed by atoms with Crippen molar-refractivity contribution in [1.82, 2.24) is 9.80 Å². The molecular formula is C19H20N2O5. The van der Waals surface area contributed by atoms with Crippen LogP contribution in [0.3, 0.4) is 0 Å². The number of aromatic hydroxyl groups is 1. The van der Waals surface area contributed by atoms with Crippen LogP contribution in [0.1, 0.15) is 17.3 Å². The molecule has 0 radical (unpaired) electrons. The molecule has 1 N–H and O–H groups in total. The Labute approximate surface area is 150 Å². The van der Waals surface area contributed by atoms with E-state index in [-0.39, 0.29) is 23.1 Å². The van der Waals surface area contributed by atoms with Gasteiger partial charge < -0.3 is 19.6 Å². The number of benzene rings is 2. The molecule has 0 aromatic heterocycles. The Kier molecular flexibility index (Phi) is 5.06. The minimum atomic E-state index is -0.746. The van der Waals surface area contributed by atoms with E-state index in [1.165, 1.54) is 13.0 Å².